The van der Waals surface area contributed by atoms with Crippen molar-refractivity contribution in [3.05, 3.63) is 0 Å². The molecule has 0 aromatic rings. The molecule has 0 heterocycles. The van der Waals surface area contributed by atoms with Gasteiger partial charge in [0, 0.05) is 0 Å². The molecule has 0 saturated heterocycles. The van der Waals surface area contributed by atoms with Crippen molar-refractivity contribution in [2.45, 2.75) is 47.6 Å². The minimum absolute atomic E-state index is 0.168. The van der Waals surface area contributed by atoms with Crippen molar-refractivity contribution in [2.24, 2.45) is 11.3 Å². The molecule has 0 amide bonds. The lowest BCUT2D eigenvalue weighted by molar-refractivity contribution is -0.145. The van der Waals surface area contributed by atoms with E-state index in [1.54, 1.807) is 0 Å². The molecule has 0 aliphatic heterocycles. The van der Waals surface area contributed by atoms with Gasteiger partial charge in [0.2, 0.25) is 0 Å². The second kappa shape index (κ2) is 6.11. The van der Waals surface area contributed by atoms with Crippen molar-refractivity contribution in [3.63, 3.8) is 0 Å². The molecule has 0 saturated carbocycles. The van der Waals surface area contributed by atoms with E-state index in [1.165, 1.54) is 0 Å². The van der Waals surface area contributed by atoms with Crippen LogP contribution in [0.3, 0.4) is 0 Å². The third-order valence-electron chi connectivity index (χ3n) is 2.85. The summed E-state index contributed by atoms with van der Waals surface area (Å²) in [6.45, 7) is 13.7. The second-order valence-electron chi connectivity index (χ2n) is 5.15. The van der Waals surface area contributed by atoms with E-state index in [9.17, 15) is 4.79 Å². The molecule has 1 N–H and O–H groups in total. The highest BCUT2D eigenvalue weighted by atomic mass is 16.5. The van der Waals surface area contributed by atoms with Gasteiger partial charge in [0.05, 0.1) is 6.61 Å². The van der Waals surface area contributed by atoms with E-state index in [2.05, 4.69) is 33.0 Å². The highest BCUT2D eigenvalue weighted by Gasteiger charge is 2.21. The molecule has 0 fully saturated rings. The lowest BCUT2D eigenvalue weighted by atomic mass is 9.82. The van der Waals surface area contributed by atoms with Crippen molar-refractivity contribution >= 4 is 5.97 Å². The zero-order valence-electron chi connectivity index (χ0n) is 10.9. The van der Waals surface area contributed by atoms with Crippen LogP contribution in [-0.4, -0.2) is 25.2 Å². The van der Waals surface area contributed by atoms with E-state index in [0.29, 0.717) is 12.5 Å². The summed E-state index contributed by atoms with van der Waals surface area (Å²) in [7, 11) is 0. The van der Waals surface area contributed by atoms with Crippen LogP contribution in [0.4, 0.5) is 0 Å². The quantitative estimate of drug-likeness (QED) is 0.715. The predicted octanol–water partition coefficient (Wildman–Crippen LogP) is 2.21. The summed E-state index contributed by atoms with van der Waals surface area (Å²) in [4.78, 5) is 11.3. The molecule has 0 aromatic carbocycles. The van der Waals surface area contributed by atoms with Crippen molar-refractivity contribution in [1.29, 1.82) is 0 Å². The van der Waals surface area contributed by atoms with Crippen LogP contribution in [0.15, 0.2) is 0 Å². The highest BCUT2D eigenvalue weighted by Crippen LogP contribution is 2.24. The van der Waals surface area contributed by atoms with Gasteiger partial charge >= 0.3 is 5.97 Å². The Bertz CT molecular complexity index is 196. The maximum atomic E-state index is 11.3. The lowest BCUT2D eigenvalue weighted by Crippen LogP contribution is -2.40. The largest absolute Gasteiger partial charge is 0.465 e. The third-order valence-corrected chi connectivity index (χ3v) is 2.85. The molecule has 2 unspecified atom stereocenters. The predicted molar refractivity (Wildman–Crippen MR) is 62.7 cm³/mol. The van der Waals surface area contributed by atoms with Gasteiger partial charge in [-0.05, 0) is 31.7 Å². The third kappa shape index (κ3) is 5.78. The first kappa shape index (κ1) is 14.4. The molecule has 0 bridgehead atoms. The molecule has 15 heavy (non-hydrogen) atoms. The number of ether oxygens (including phenoxy) is 1. The molecule has 90 valence electrons. The fourth-order valence-corrected chi connectivity index (χ4v) is 1.01. The number of rotatable bonds is 5. The van der Waals surface area contributed by atoms with Gasteiger partial charge in [-0.25, -0.2) is 0 Å². The van der Waals surface area contributed by atoms with Gasteiger partial charge in [-0.2, -0.15) is 0 Å². The minimum atomic E-state index is -0.213. The Hall–Kier alpha value is -0.570. The maximum absolute atomic E-state index is 11.3. The summed E-state index contributed by atoms with van der Waals surface area (Å²) in [5.74, 6) is 0.355. The van der Waals surface area contributed by atoms with E-state index >= 15 is 0 Å². The summed E-state index contributed by atoms with van der Waals surface area (Å²) in [6.07, 6.45) is 0. The Balaban J connectivity index is 3.90. The van der Waals surface area contributed by atoms with Crippen LogP contribution in [0, 0.1) is 11.3 Å². The van der Waals surface area contributed by atoms with Crippen LogP contribution >= 0.6 is 0 Å². The second-order valence-corrected chi connectivity index (χ2v) is 5.15. The Labute approximate surface area is 93.6 Å². The number of carbonyl (C=O) groups excluding carboxylic acids is 1. The van der Waals surface area contributed by atoms with E-state index in [-0.39, 0.29) is 17.4 Å². The topological polar surface area (TPSA) is 38.3 Å². The average Bonchev–Trinajstić information content (AvgIpc) is 2.12. The SMILES string of the molecule is CCOC(=O)C(C)NCC(C)C(C)(C)C. The Morgan fingerprint density at radius 1 is 1.33 bits per heavy atom. The van der Waals surface area contributed by atoms with Gasteiger partial charge in [-0.3, -0.25) is 4.79 Å². The first-order valence-corrected chi connectivity index (χ1v) is 5.69. The molecule has 0 aliphatic carbocycles. The summed E-state index contributed by atoms with van der Waals surface area (Å²) in [6, 6.07) is -0.213. The number of nitrogens with one attached hydrogen (secondary N) is 1. The fraction of sp³-hybridized carbons (Fsp3) is 0.917. The number of hydrogen-bond acceptors (Lipinski definition) is 3. The number of carbonyl (C=O) groups is 1. The molecular formula is C12H25NO2. The van der Waals surface area contributed by atoms with Crippen LogP contribution in [0.2, 0.25) is 0 Å². The minimum Gasteiger partial charge on any atom is -0.465 e. The van der Waals surface area contributed by atoms with Crippen LogP contribution in [0.1, 0.15) is 41.5 Å². The maximum Gasteiger partial charge on any atom is 0.322 e. The Morgan fingerprint density at radius 2 is 1.87 bits per heavy atom. The van der Waals surface area contributed by atoms with Crippen molar-refractivity contribution < 1.29 is 9.53 Å². The van der Waals surface area contributed by atoms with Crippen LogP contribution in [0.5, 0.6) is 0 Å². The number of hydrogen-bond donors (Lipinski definition) is 1. The first-order chi connectivity index (χ1) is 6.79. The lowest BCUT2D eigenvalue weighted by Gasteiger charge is -2.28. The number of esters is 1. The molecule has 0 aliphatic rings. The van der Waals surface area contributed by atoms with Crippen LogP contribution in [-0.2, 0) is 9.53 Å². The van der Waals surface area contributed by atoms with Gasteiger partial charge < -0.3 is 10.1 Å². The Morgan fingerprint density at radius 3 is 2.27 bits per heavy atom. The van der Waals surface area contributed by atoms with Gasteiger partial charge in [-0.15, -0.1) is 0 Å². The van der Waals surface area contributed by atoms with Crippen molar-refractivity contribution in [3.8, 4) is 0 Å². The standard InChI is InChI=1S/C12H25NO2/c1-7-15-11(14)10(3)13-8-9(2)12(4,5)6/h9-10,13H,7-8H2,1-6H3. The van der Waals surface area contributed by atoms with Crippen LogP contribution < -0.4 is 5.32 Å². The van der Waals surface area contributed by atoms with Crippen molar-refractivity contribution in [1.82, 2.24) is 5.32 Å². The zero-order chi connectivity index (χ0) is 12.1. The first-order valence-electron chi connectivity index (χ1n) is 5.69. The monoisotopic (exact) mass is 215 g/mol. The zero-order valence-corrected chi connectivity index (χ0v) is 10.9. The smallest absolute Gasteiger partial charge is 0.322 e. The molecular weight excluding hydrogens is 190 g/mol. The Kier molecular flexibility index (Phi) is 5.88. The van der Waals surface area contributed by atoms with Crippen molar-refractivity contribution in [2.75, 3.05) is 13.2 Å². The van der Waals surface area contributed by atoms with E-state index in [1.807, 2.05) is 13.8 Å². The highest BCUT2D eigenvalue weighted by molar-refractivity contribution is 5.75. The molecule has 0 rings (SSSR count). The summed E-state index contributed by atoms with van der Waals surface area (Å²) >= 11 is 0. The van der Waals surface area contributed by atoms with E-state index in [4.69, 9.17) is 4.74 Å². The molecule has 0 aromatic heterocycles. The molecule has 3 nitrogen and oxygen atoms in total. The molecule has 2 atom stereocenters. The van der Waals surface area contributed by atoms with Gasteiger partial charge in [0.25, 0.3) is 0 Å². The van der Waals surface area contributed by atoms with E-state index in [0.717, 1.165) is 6.54 Å². The fourth-order valence-electron chi connectivity index (χ4n) is 1.01. The molecule has 3 heteroatoms. The van der Waals surface area contributed by atoms with E-state index < -0.39 is 0 Å². The van der Waals surface area contributed by atoms with Crippen LogP contribution in [0.25, 0.3) is 0 Å². The molecule has 0 radical (unpaired) electrons. The normalized spacial score (nSPS) is 15.9. The average molecular weight is 215 g/mol. The summed E-state index contributed by atoms with van der Waals surface area (Å²) < 4.78 is 4.92. The van der Waals surface area contributed by atoms with Gasteiger partial charge in [-0.1, -0.05) is 27.7 Å². The molecule has 0 spiro atoms. The van der Waals surface area contributed by atoms with Gasteiger partial charge in [0.15, 0.2) is 0 Å². The summed E-state index contributed by atoms with van der Waals surface area (Å²) in [5, 5.41) is 3.20. The summed E-state index contributed by atoms with van der Waals surface area (Å²) in [5.41, 5.74) is 0.265. The van der Waals surface area contributed by atoms with Gasteiger partial charge in [0.1, 0.15) is 6.04 Å².